The summed E-state index contributed by atoms with van der Waals surface area (Å²) in [5.74, 6) is 6.32. The number of amides is 2. The summed E-state index contributed by atoms with van der Waals surface area (Å²) in [7, 11) is 0. The molecule has 12 saturated heterocycles. The Hall–Kier alpha value is -4.19. The molecule has 108 heavy (non-hydrogen) atoms. The van der Waals surface area contributed by atoms with E-state index in [0.717, 1.165) is 154 Å². The molecule has 17 heterocycles. The number of nitrogens with one attached hydrogen (secondary N) is 2. The third-order valence-electron chi connectivity index (χ3n) is 19.4. The number of rotatable bonds is 6. The van der Waals surface area contributed by atoms with Crippen molar-refractivity contribution < 1.29 is 56.6 Å². The first-order valence-corrected chi connectivity index (χ1v) is 40.0. The van der Waals surface area contributed by atoms with Gasteiger partial charge in [0.2, 0.25) is 5.95 Å². The van der Waals surface area contributed by atoms with Crippen LogP contribution in [0, 0.1) is 32.6 Å². The fourth-order valence-corrected chi connectivity index (χ4v) is 16.1. The topological polar surface area (TPSA) is 232 Å². The van der Waals surface area contributed by atoms with Gasteiger partial charge in [-0.3, -0.25) is 19.6 Å². The Kier molecular flexibility index (Phi) is 34.5. The van der Waals surface area contributed by atoms with Gasteiger partial charge in [0.05, 0.1) is 153 Å². The molecule has 0 aliphatic carbocycles. The van der Waals surface area contributed by atoms with Crippen molar-refractivity contribution in [2.24, 2.45) is 0 Å². The van der Waals surface area contributed by atoms with Crippen LogP contribution < -0.4 is 30.2 Å². The Balaban J connectivity index is 0.000000165. The average Bonchev–Trinajstić information content (AvgIpc) is 0.780. The number of fused-ring (bicyclic) bond motifs is 10. The highest BCUT2D eigenvalue weighted by Gasteiger charge is 2.47. The summed E-state index contributed by atoms with van der Waals surface area (Å²) in [4.78, 5) is 64.3. The molecule has 12 aliphatic heterocycles. The van der Waals surface area contributed by atoms with Gasteiger partial charge in [-0.2, -0.15) is 17.9 Å². The standard InChI is InChI=1S/C16H22IN3O3.C16H19N3O2.C14H18IN3O2.C11H14IN3O.C11H20N2O3.C5H3FIN.3CH4.H2S/c1-16(2,3)23-15(21)20-12-7-19(8-13(20)10-22-9-12)14-5-4-11(17)6-18-14;1-2-12-3-4-16(17-5-12)18-6-13-8-20-9-14(7-18)19(13)15-10-21-11-15;15-10-1-2-14(16-3-10)17-4-11-6-19-7-12(5-17)18(11)13-8-20-9-13;12-8-1-2-11(13-3-8)15-4-9-6-16-7-10(5-15)14-9;1-11(2,3)16-10(14)13-8-4-12-5-9(13)7-15-6-8;6-5-2-1-4(7)3-8-5;;;;/h4-6,12-13H,7-10H2,1-3H3;1,3-5,13-15H,6-11H2;1-3,11-13H,4-9H2;1-3,9-10,14H,4-7H2;8-9,12H,4-7H2,1-3H3;1-3H;3*1H4;1H2. The van der Waals surface area contributed by atoms with Gasteiger partial charge in [-0.05, 0) is 193 Å². The van der Waals surface area contributed by atoms with Crippen molar-refractivity contribution in [1.82, 2.24) is 55.2 Å². The summed E-state index contributed by atoms with van der Waals surface area (Å²) in [6.45, 7) is 30.9. The van der Waals surface area contributed by atoms with Gasteiger partial charge in [0.1, 0.15) is 34.5 Å². The zero-order valence-electron chi connectivity index (χ0n) is 60.3. The molecule has 10 unspecified atom stereocenters. The summed E-state index contributed by atoms with van der Waals surface area (Å²) in [5.41, 5.74) is -0.0921. The molecule has 10 bridgehead atoms. The molecule has 26 nitrogen and oxygen atoms in total. The Morgan fingerprint density at radius 2 is 0.722 bits per heavy atom. The fourth-order valence-electron chi connectivity index (χ4n) is 14.8. The van der Waals surface area contributed by atoms with Crippen LogP contribution in [0.4, 0.5) is 37.3 Å². The molecule has 12 fully saturated rings. The third-order valence-corrected chi connectivity index (χ3v) is 22.0. The fraction of sp³-hybridized carbons (Fsp3) is 0.618. The summed E-state index contributed by atoms with van der Waals surface area (Å²) in [6.07, 6.45) is 13.9. The van der Waals surface area contributed by atoms with Gasteiger partial charge in [0.25, 0.3) is 0 Å². The summed E-state index contributed by atoms with van der Waals surface area (Å²) >= 11 is 8.89. The first-order valence-electron chi connectivity index (χ1n) is 35.7. The molecule has 17 rings (SSSR count). The van der Waals surface area contributed by atoms with Gasteiger partial charge in [0, 0.05) is 128 Å². The zero-order valence-corrected chi connectivity index (χ0v) is 70.0. The second-order valence-electron chi connectivity index (χ2n) is 29.7. The lowest BCUT2D eigenvalue weighted by molar-refractivity contribution is -0.146. The minimum atomic E-state index is -0.485. The summed E-state index contributed by atoms with van der Waals surface area (Å²) in [6, 6.07) is 23.6. The van der Waals surface area contributed by atoms with Crippen molar-refractivity contribution in [3.8, 4) is 12.3 Å². The molecule has 5 aromatic rings. The second kappa shape index (κ2) is 41.7. The van der Waals surface area contributed by atoms with Gasteiger partial charge in [-0.15, -0.1) is 6.42 Å². The number of pyridine rings is 5. The molecule has 5 aromatic heterocycles. The summed E-state index contributed by atoms with van der Waals surface area (Å²) < 4.78 is 66.3. The van der Waals surface area contributed by atoms with Gasteiger partial charge in [-0.1, -0.05) is 28.2 Å². The van der Waals surface area contributed by atoms with Crippen molar-refractivity contribution in [1.29, 1.82) is 0 Å². The van der Waals surface area contributed by atoms with E-state index in [1.54, 1.807) is 12.3 Å². The van der Waals surface area contributed by atoms with Gasteiger partial charge in [0.15, 0.2) is 0 Å². The van der Waals surface area contributed by atoms with E-state index in [9.17, 15) is 14.0 Å². The lowest BCUT2D eigenvalue weighted by Gasteiger charge is -2.54. The molecule has 2 amide bonds. The van der Waals surface area contributed by atoms with E-state index >= 15 is 0 Å². The quantitative estimate of drug-likeness (QED) is 0.0916. The molecule has 0 radical (unpaired) electrons. The van der Waals surface area contributed by atoms with Crippen molar-refractivity contribution >= 4 is 139 Å². The number of halogens is 5. The molecule has 0 saturated carbocycles. The number of piperazine rings is 5. The van der Waals surface area contributed by atoms with Gasteiger partial charge < -0.3 is 72.9 Å². The van der Waals surface area contributed by atoms with Gasteiger partial charge in [-0.25, -0.2) is 34.5 Å². The number of ether oxygens (including phenoxy) is 9. The van der Waals surface area contributed by atoms with Crippen LogP contribution in [0.25, 0.3) is 0 Å². The number of aromatic nitrogens is 5. The molecular formula is C76H110FI4N15O11S. The van der Waals surface area contributed by atoms with Crippen LogP contribution in [0.15, 0.2) is 91.6 Å². The van der Waals surface area contributed by atoms with Crippen LogP contribution in [0.1, 0.15) is 69.4 Å². The van der Waals surface area contributed by atoms with Crippen LogP contribution in [0.2, 0.25) is 0 Å². The first-order chi connectivity index (χ1) is 50.1. The van der Waals surface area contributed by atoms with Gasteiger partial charge >= 0.3 is 12.2 Å². The van der Waals surface area contributed by atoms with Crippen LogP contribution in [-0.4, -0.2) is 298 Å². The SMILES string of the molecule is C.C.C.C#Cc1ccc(N2CC3COCC(C2)N3C2COC2)nc1.CC(C)(C)OC(=O)N1C2CNCC1COC2.CC(C)(C)OC(=O)N1C2COCC1CN(c1ccc(I)cn1)C2.Fc1ccc(I)cn1.Ic1ccc(N2CC3COCC(C2)N3)nc1.Ic1ccc(N2CC3COCC(C2)N3C2COC2)nc1.S. The number of terminal acetylenes is 1. The molecule has 0 aromatic carbocycles. The minimum Gasteiger partial charge on any atom is -0.444 e. The Bertz CT molecular complexity index is 3520. The average molecular weight is 1970 g/mol. The van der Waals surface area contributed by atoms with E-state index in [1.807, 2.05) is 88.1 Å². The van der Waals surface area contributed by atoms with Crippen molar-refractivity contribution in [2.45, 2.75) is 148 Å². The Morgan fingerprint density at radius 1 is 0.426 bits per heavy atom. The van der Waals surface area contributed by atoms with E-state index in [0.29, 0.717) is 87.9 Å². The zero-order chi connectivity index (χ0) is 73.1. The molecule has 596 valence electrons. The molecular weight excluding hydrogens is 1860 g/mol. The maximum absolute atomic E-state index is 12.5. The van der Waals surface area contributed by atoms with Crippen LogP contribution in [0.3, 0.4) is 0 Å². The van der Waals surface area contributed by atoms with Crippen molar-refractivity contribution in [3.63, 3.8) is 0 Å². The molecule has 2 N–H and O–H groups in total. The Morgan fingerprint density at radius 3 is 1.03 bits per heavy atom. The van der Waals surface area contributed by atoms with E-state index < -0.39 is 17.1 Å². The number of carbonyl (C=O) groups is 2. The number of hydrogen-bond donors (Lipinski definition) is 2. The van der Waals surface area contributed by atoms with Crippen LogP contribution in [0.5, 0.6) is 0 Å². The number of hydrogen-bond acceptors (Lipinski definition) is 24. The van der Waals surface area contributed by atoms with E-state index in [4.69, 9.17) is 49.1 Å². The largest absolute Gasteiger partial charge is 0.444 e. The van der Waals surface area contributed by atoms with E-state index in [2.05, 4.69) is 192 Å². The third kappa shape index (κ3) is 24.4. The lowest BCUT2D eigenvalue weighted by atomic mass is 10.00. The number of nitrogens with zero attached hydrogens (tertiary/aromatic N) is 13. The Labute approximate surface area is 699 Å². The lowest BCUT2D eigenvalue weighted by Crippen LogP contribution is -2.70. The molecule has 0 spiro atoms. The monoisotopic (exact) mass is 1970 g/mol. The highest BCUT2D eigenvalue weighted by atomic mass is 127. The van der Waals surface area contributed by atoms with Crippen LogP contribution in [-0.2, 0) is 42.6 Å². The predicted molar refractivity (Wildman–Crippen MR) is 456 cm³/mol. The highest BCUT2D eigenvalue weighted by Crippen LogP contribution is 2.33. The number of anilines is 4. The minimum absolute atomic E-state index is 0. The van der Waals surface area contributed by atoms with Crippen molar-refractivity contribution in [3.05, 3.63) is 117 Å². The predicted octanol–water partition coefficient (Wildman–Crippen LogP) is 9.14. The first kappa shape index (κ1) is 89.4. The normalized spacial score (nSPS) is 26.2. The van der Waals surface area contributed by atoms with E-state index in [1.165, 1.54) is 19.4 Å². The number of carbonyl (C=O) groups excluding carboxylic acids is 2. The van der Waals surface area contributed by atoms with Crippen LogP contribution >= 0.6 is 104 Å². The number of morpholine rings is 5. The molecule has 10 atom stereocenters. The maximum Gasteiger partial charge on any atom is 0.411 e. The van der Waals surface area contributed by atoms with E-state index in [-0.39, 0.29) is 72.1 Å². The molecule has 12 aliphatic rings. The summed E-state index contributed by atoms with van der Waals surface area (Å²) in [5, 5.41) is 6.87. The maximum atomic E-state index is 12.5. The molecule has 32 heteroatoms. The highest BCUT2D eigenvalue weighted by molar-refractivity contribution is 14.1. The second-order valence-corrected chi connectivity index (χ2v) is 34.6. The van der Waals surface area contributed by atoms with Crippen molar-refractivity contribution in [2.75, 3.05) is 178 Å². The smallest absolute Gasteiger partial charge is 0.411 e.